The fraction of sp³-hybridized carbons (Fsp3) is 0.286. The van der Waals surface area contributed by atoms with Crippen molar-refractivity contribution in [2.75, 3.05) is 44.0 Å². The van der Waals surface area contributed by atoms with Crippen molar-refractivity contribution < 1.29 is 19.1 Å². The highest BCUT2D eigenvalue weighted by molar-refractivity contribution is 5.98. The molecular weight excluding hydrogens is 442 g/mol. The first-order valence-corrected chi connectivity index (χ1v) is 11.8. The number of benzene rings is 3. The van der Waals surface area contributed by atoms with Crippen molar-refractivity contribution in [2.45, 2.75) is 19.3 Å². The van der Waals surface area contributed by atoms with Gasteiger partial charge in [0.05, 0.1) is 18.8 Å². The molecule has 0 unspecified atom stereocenters. The predicted molar refractivity (Wildman–Crippen MR) is 139 cm³/mol. The molecule has 0 aliphatic rings. The van der Waals surface area contributed by atoms with E-state index in [2.05, 4.69) is 28.1 Å². The molecule has 0 spiro atoms. The number of hydrogen-bond acceptors (Lipinski definition) is 5. The number of ether oxygens (including phenoxy) is 2. The quantitative estimate of drug-likeness (QED) is 0.299. The summed E-state index contributed by atoms with van der Waals surface area (Å²) in [7, 11) is 1.63. The Morgan fingerprint density at radius 1 is 0.857 bits per heavy atom. The average Bonchev–Trinajstić information content (AvgIpc) is 2.89. The molecule has 7 nitrogen and oxygen atoms in total. The standard InChI is InChI=1S/C28H33N3O4/c1-34-18-9-17-29-28(33)23-13-7-14-24(20-23)31-27(32)21-30-25-15-5-6-16-26(25)35-19-8-12-22-10-3-2-4-11-22/h2-7,10-11,13-16,20,30H,8-9,12,17-19,21H2,1H3,(H,29,33)(H,31,32). The van der Waals surface area contributed by atoms with Crippen LogP contribution in [0.25, 0.3) is 0 Å². The van der Waals surface area contributed by atoms with Crippen LogP contribution in [0.4, 0.5) is 11.4 Å². The SMILES string of the molecule is COCCCNC(=O)c1cccc(NC(=O)CNc2ccccc2OCCCc2ccccc2)c1. The van der Waals surface area contributed by atoms with Crippen LogP contribution in [0.5, 0.6) is 5.75 Å². The molecule has 0 saturated carbocycles. The zero-order chi connectivity index (χ0) is 24.7. The lowest BCUT2D eigenvalue weighted by atomic mass is 10.1. The Balaban J connectivity index is 1.45. The summed E-state index contributed by atoms with van der Waals surface area (Å²) in [5.41, 5.74) is 3.09. The van der Waals surface area contributed by atoms with Gasteiger partial charge in [-0.1, -0.05) is 48.5 Å². The van der Waals surface area contributed by atoms with Gasteiger partial charge in [-0.25, -0.2) is 0 Å². The second kappa shape index (κ2) is 14.4. The predicted octanol–water partition coefficient (Wildman–Crippen LogP) is 4.52. The van der Waals surface area contributed by atoms with E-state index in [0.717, 1.165) is 24.9 Å². The lowest BCUT2D eigenvalue weighted by Crippen LogP contribution is -2.25. The molecule has 0 aromatic heterocycles. The van der Waals surface area contributed by atoms with Crippen LogP contribution in [0, 0.1) is 0 Å². The summed E-state index contributed by atoms with van der Waals surface area (Å²) < 4.78 is 10.9. The molecule has 0 atom stereocenters. The second-order valence-corrected chi connectivity index (χ2v) is 8.02. The molecule has 3 N–H and O–H groups in total. The van der Waals surface area contributed by atoms with E-state index in [-0.39, 0.29) is 18.4 Å². The highest BCUT2D eigenvalue weighted by Gasteiger charge is 2.09. The third-order valence-electron chi connectivity index (χ3n) is 5.26. The number of aryl methyl sites for hydroxylation is 1. The number of nitrogens with one attached hydrogen (secondary N) is 3. The van der Waals surface area contributed by atoms with Gasteiger partial charge in [0.15, 0.2) is 0 Å². The molecule has 184 valence electrons. The van der Waals surface area contributed by atoms with Crippen LogP contribution in [0.15, 0.2) is 78.9 Å². The third kappa shape index (κ3) is 9.14. The number of amides is 2. The fourth-order valence-electron chi connectivity index (χ4n) is 3.48. The van der Waals surface area contributed by atoms with E-state index in [9.17, 15) is 9.59 Å². The van der Waals surface area contributed by atoms with E-state index in [4.69, 9.17) is 9.47 Å². The van der Waals surface area contributed by atoms with Crippen LogP contribution in [0.1, 0.15) is 28.8 Å². The number of methoxy groups -OCH3 is 1. The van der Waals surface area contributed by atoms with E-state index in [1.54, 1.807) is 31.4 Å². The van der Waals surface area contributed by atoms with E-state index >= 15 is 0 Å². The van der Waals surface area contributed by atoms with Crippen LogP contribution in [0.2, 0.25) is 0 Å². The molecule has 3 rings (SSSR count). The Bertz CT molecular complexity index is 1070. The second-order valence-electron chi connectivity index (χ2n) is 8.02. The number of para-hydroxylation sites is 2. The highest BCUT2D eigenvalue weighted by Crippen LogP contribution is 2.24. The largest absolute Gasteiger partial charge is 0.491 e. The van der Waals surface area contributed by atoms with Crippen molar-refractivity contribution in [1.29, 1.82) is 0 Å². The first kappa shape index (κ1) is 25.8. The van der Waals surface area contributed by atoms with Gasteiger partial charge >= 0.3 is 0 Å². The minimum Gasteiger partial charge on any atom is -0.491 e. The molecule has 0 saturated heterocycles. The maximum absolute atomic E-state index is 12.5. The maximum Gasteiger partial charge on any atom is 0.251 e. The van der Waals surface area contributed by atoms with Crippen molar-refractivity contribution in [3.8, 4) is 5.75 Å². The lowest BCUT2D eigenvalue weighted by Gasteiger charge is -2.13. The molecule has 0 fully saturated rings. The van der Waals surface area contributed by atoms with Crippen molar-refractivity contribution in [3.05, 3.63) is 90.0 Å². The molecule has 3 aromatic rings. The van der Waals surface area contributed by atoms with Gasteiger partial charge in [0.25, 0.3) is 5.91 Å². The monoisotopic (exact) mass is 475 g/mol. The summed E-state index contributed by atoms with van der Waals surface area (Å²) >= 11 is 0. The summed E-state index contributed by atoms with van der Waals surface area (Å²) in [4.78, 5) is 24.8. The number of rotatable bonds is 14. The van der Waals surface area contributed by atoms with Crippen LogP contribution in [-0.2, 0) is 16.0 Å². The van der Waals surface area contributed by atoms with Gasteiger partial charge in [-0.05, 0) is 55.2 Å². The van der Waals surface area contributed by atoms with Crippen molar-refractivity contribution >= 4 is 23.2 Å². The Hall–Kier alpha value is -3.84. The summed E-state index contributed by atoms with van der Waals surface area (Å²) in [6.07, 6.45) is 2.58. The minimum absolute atomic E-state index is 0.0673. The molecular formula is C28H33N3O4. The maximum atomic E-state index is 12.5. The number of hydrogen-bond donors (Lipinski definition) is 3. The molecule has 2 amide bonds. The lowest BCUT2D eigenvalue weighted by molar-refractivity contribution is -0.114. The normalized spacial score (nSPS) is 10.4. The fourth-order valence-corrected chi connectivity index (χ4v) is 3.48. The Morgan fingerprint density at radius 3 is 2.49 bits per heavy atom. The number of carbonyl (C=O) groups is 2. The summed E-state index contributed by atoms with van der Waals surface area (Å²) in [5, 5.41) is 8.81. The van der Waals surface area contributed by atoms with E-state index in [1.807, 2.05) is 42.5 Å². The van der Waals surface area contributed by atoms with E-state index < -0.39 is 0 Å². The molecule has 0 aliphatic heterocycles. The molecule has 0 heterocycles. The van der Waals surface area contributed by atoms with Gasteiger partial charge in [0.1, 0.15) is 5.75 Å². The van der Waals surface area contributed by atoms with Gasteiger partial charge in [0.2, 0.25) is 5.91 Å². The molecule has 0 radical (unpaired) electrons. The van der Waals surface area contributed by atoms with Gasteiger partial charge in [0, 0.05) is 31.5 Å². The van der Waals surface area contributed by atoms with Gasteiger partial charge in [-0.3, -0.25) is 9.59 Å². The highest BCUT2D eigenvalue weighted by atomic mass is 16.5. The summed E-state index contributed by atoms with van der Waals surface area (Å²) in [6, 6.07) is 24.7. The zero-order valence-corrected chi connectivity index (χ0v) is 20.1. The molecule has 7 heteroatoms. The molecule has 35 heavy (non-hydrogen) atoms. The summed E-state index contributed by atoms with van der Waals surface area (Å²) in [6.45, 7) is 1.77. The average molecular weight is 476 g/mol. The first-order chi connectivity index (χ1) is 17.2. The first-order valence-electron chi connectivity index (χ1n) is 11.8. The van der Waals surface area contributed by atoms with Crippen LogP contribution in [-0.4, -0.2) is 45.2 Å². The van der Waals surface area contributed by atoms with Crippen molar-refractivity contribution in [3.63, 3.8) is 0 Å². The van der Waals surface area contributed by atoms with E-state index in [1.165, 1.54) is 5.56 Å². The van der Waals surface area contributed by atoms with Crippen LogP contribution >= 0.6 is 0 Å². The number of anilines is 2. The van der Waals surface area contributed by atoms with Gasteiger partial charge in [-0.2, -0.15) is 0 Å². The van der Waals surface area contributed by atoms with Crippen molar-refractivity contribution in [2.24, 2.45) is 0 Å². The van der Waals surface area contributed by atoms with Gasteiger partial charge < -0.3 is 25.4 Å². The molecule has 0 bridgehead atoms. The van der Waals surface area contributed by atoms with Crippen molar-refractivity contribution in [1.82, 2.24) is 5.32 Å². The third-order valence-corrected chi connectivity index (χ3v) is 5.26. The molecule has 0 aliphatic carbocycles. The Kier molecular flexibility index (Phi) is 10.6. The summed E-state index contributed by atoms with van der Waals surface area (Å²) in [5.74, 6) is 0.302. The van der Waals surface area contributed by atoms with Crippen LogP contribution in [0.3, 0.4) is 0 Å². The number of carbonyl (C=O) groups excluding carboxylic acids is 2. The van der Waals surface area contributed by atoms with E-state index in [0.29, 0.717) is 36.8 Å². The minimum atomic E-state index is -0.221. The Morgan fingerprint density at radius 2 is 1.66 bits per heavy atom. The Labute approximate surface area is 206 Å². The zero-order valence-electron chi connectivity index (χ0n) is 20.1. The smallest absolute Gasteiger partial charge is 0.251 e. The molecule has 3 aromatic carbocycles. The van der Waals surface area contributed by atoms with Gasteiger partial charge in [-0.15, -0.1) is 0 Å². The topological polar surface area (TPSA) is 88.7 Å². The van der Waals surface area contributed by atoms with Crippen LogP contribution < -0.4 is 20.7 Å².